The van der Waals surface area contributed by atoms with Gasteiger partial charge in [-0.25, -0.2) is 24.5 Å². The lowest BCUT2D eigenvalue weighted by atomic mass is 10.2. The molecule has 7 N–H and O–H groups in total. The van der Waals surface area contributed by atoms with Crippen LogP contribution in [0.15, 0.2) is 12.7 Å². The summed E-state index contributed by atoms with van der Waals surface area (Å²) >= 11 is 0. The molecule has 0 bridgehead atoms. The van der Waals surface area contributed by atoms with Gasteiger partial charge in [-0.1, -0.05) is 0 Å². The van der Waals surface area contributed by atoms with Crippen LogP contribution < -0.4 is 16.0 Å². The molecule has 210 valence electrons. The Hall–Kier alpha value is -5.36. The zero-order valence-electron chi connectivity index (χ0n) is 20.2. The summed E-state index contributed by atoms with van der Waals surface area (Å²) in [4.78, 5) is 95.2. The fourth-order valence-electron chi connectivity index (χ4n) is 3.23. The smallest absolute Gasteiger partial charge is 0.326 e. The van der Waals surface area contributed by atoms with Gasteiger partial charge in [-0.3, -0.25) is 24.0 Å². The monoisotopic (exact) mass is 552 g/mol. The molecule has 0 aliphatic carbocycles. The predicted molar refractivity (Wildman–Crippen MR) is 125 cm³/mol. The lowest BCUT2D eigenvalue weighted by molar-refractivity contribution is -0.148. The Kier molecular flexibility index (Phi) is 10.2. The van der Waals surface area contributed by atoms with Crippen molar-refractivity contribution < 1.29 is 54.0 Å². The van der Waals surface area contributed by atoms with E-state index in [0.717, 1.165) is 0 Å². The van der Waals surface area contributed by atoms with E-state index in [4.69, 9.17) is 20.4 Å². The molecule has 0 spiro atoms. The fraction of sp³-hybridized carbons (Fsp3) is 0.400. The summed E-state index contributed by atoms with van der Waals surface area (Å²) in [5, 5.41) is 42.6. The molecule has 0 saturated carbocycles. The largest absolute Gasteiger partial charge is 0.481 e. The summed E-state index contributed by atoms with van der Waals surface area (Å²) in [6, 6.07) is -3.69. The van der Waals surface area contributed by atoms with Crippen LogP contribution in [0.3, 0.4) is 0 Å². The summed E-state index contributed by atoms with van der Waals surface area (Å²) in [6.45, 7) is -2.41. The van der Waals surface area contributed by atoms with Crippen molar-refractivity contribution >= 4 is 58.6 Å². The molecule has 0 radical (unpaired) electrons. The second-order valence-corrected chi connectivity index (χ2v) is 7.88. The minimum Gasteiger partial charge on any atom is -0.481 e. The number of amides is 3. The van der Waals surface area contributed by atoms with E-state index in [1.807, 2.05) is 10.6 Å². The third-order valence-corrected chi connectivity index (χ3v) is 4.99. The maximum Gasteiger partial charge on any atom is 0.326 e. The van der Waals surface area contributed by atoms with Crippen LogP contribution in [0.5, 0.6) is 0 Å². The molecule has 2 rings (SSSR count). The van der Waals surface area contributed by atoms with Crippen molar-refractivity contribution in [2.75, 3.05) is 25.5 Å². The van der Waals surface area contributed by atoms with Crippen LogP contribution in [0.2, 0.25) is 0 Å². The molecular formula is C20H24N8O11. The topological polar surface area (TPSA) is 283 Å². The van der Waals surface area contributed by atoms with Crippen LogP contribution in [-0.4, -0.2) is 119 Å². The highest BCUT2D eigenvalue weighted by Gasteiger charge is 2.29. The minimum absolute atomic E-state index is 0.205. The SMILES string of the molecule is CNc1ncnc2c1ncn2CC(=O)N(CC(=O)N[C@@H](CC(=O)O)C(=O)O)CC(=O)N[C@@H](CC(=O)O)C(=O)O. The number of rotatable bonds is 15. The van der Waals surface area contributed by atoms with Gasteiger partial charge in [0.25, 0.3) is 0 Å². The number of nitrogens with zero attached hydrogens (tertiary/aromatic N) is 5. The number of aliphatic carboxylic acids is 4. The maximum absolute atomic E-state index is 13.1. The first-order valence-corrected chi connectivity index (χ1v) is 10.9. The Morgan fingerprint density at radius 3 is 1.79 bits per heavy atom. The third kappa shape index (κ3) is 8.61. The zero-order valence-corrected chi connectivity index (χ0v) is 20.2. The van der Waals surface area contributed by atoms with Crippen molar-refractivity contribution in [2.24, 2.45) is 0 Å². The molecule has 0 unspecified atom stereocenters. The van der Waals surface area contributed by atoms with Crippen molar-refractivity contribution in [1.29, 1.82) is 0 Å². The van der Waals surface area contributed by atoms with Crippen LogP contribution in [-0.2, 0) is 40.1 Å². The molecule has 0 aromatic carbocycles. The quantitative estimate of drug-likeness (QED) is 0.114. The normalized spacial score (nSPS) is 12.1. The molecule has 19 nitrogen and oxygen atoms in total. The van der Waals surface area contributed by atoms with Crippen molar-refractivity contribution in [1.82, 2.24) is 35.1 Å². The molecule has 39 heavy (non-hydrogen) atoms. The minimum atomic E-state index is -1.85. The van der Waals surface area contributed by atoms with E-state index in [9.17, 15) is 33.6 Å². The zero-order chi connectivity index (χ0) is 29.3. The van der Waals surface area contributed by atoms with Crippen molar-refractivity contribution in [3.05, 3.63) is 12.7 Å². The summed E-state index contributed by atoms with van der Waals surface area (Å²) in [6.07, 6.45) is 0.481. The molecule has 19 heteroatoms. The van der Waals surface area contributed by atoms with Crippen molar-refractivity contribution in [3.8, 4) is 0 Å². The number of nitrogens with one attached hydrogen (secondary N) is 3. The number of hydrogen-bond acceptors (Lipinski definition) is 11. The number of carboxylic acids is 4. The molecule has 0 fully saturated rings. The molecule has 0 saturated heterocycles. The molecule has 0 aliphatic rings. The first kappa shape index (κ1) is 29.9. The van der Waals surface area contributed by atoms with Gasteiger partial charge in [-0.15, -0.1) is 0 Å². The highest BCUT2D eigenvalue weighted by Crippen LogP contribution is 2.16. The Morgan fingerprint density at radius 2 is 1.36 bits per heavy atom. The molecule has 2 aromatic rings. The average molecular weight is 552 g/mol. The summed E-state index contributed by atoms with van der Waals surface area (Å²) in [5.41, 5.74) is 0.502. The lowest BCUT2D eigenvalue weighted by Gasteiger charge is -2.24. The van der Waals surface area contributed by atoms with Crippen molar-refractivity contribution in [2.45, 2.75) is 31.5 Å². The molecule has 2 aromatic heterocycles. The molecule has 2 atom stereocenters. The first-order valence-electron chi connectivity index (χ1n) is 10.9. The number of carbonyl (C=O) groups excluding carboxylic acids is 3. The number of aromatic nitrogens is 4. The van der Waals surface area contributed by atoms with Gasteiger partial charge in [0.2, 0.25) is 17.7 Å². The number of anilines is 1. The van der Waals surface area contributed by atoms with Gasteiger partial charge in [-0.2, -0.15) is 0 Å². The van der Waals surface area contributed by atoms with E-state index in [1.54, 1.807) is 7.05 Å². The number of imidazole rings is 1. The van der Waals surface area contributed by atoms with Gasteiger partial charge in [0.05, 0.1) is 19.2 Å². The first-order chi connectivity index (χ1) is 18.3. The van der Waals surface area contributed by atoms with Crippen LogP contribution in [0, 0.1) is 0 Å². The van der Waals surface area contributed by atoms with E-state index < -0.39 is 86.2 Å². The number of hydrogen-bond donors (Lipinski definition) is 7. The molecule has 2 heterocycles. The van der Waals surface area contributed by atoms with Crippen LogP contribution in [0.25, 0.3) is 11.2 Å². The van der Waals surface area contributed by atoms with E-state index in [0.29, 0.717) is 16.2 Å². The highest BCUT2D eigenvalue weighted by atomic mass is 16.4. The number of fused-ring (bicyclic) bond motifs is 1. The van der Waals surface area contributed by atoms with Gasteiger partial charge in [-0.05, 0) is 0 Å². The van der Waals surface area contributed by atoms with Gasteiger partial charge >= 0.3 is 23.9 Å². The Morgan fingerprint density at radius 1 is 0.846 bits per heavy atom. The highest BCUT2D eigenvalue weighted by molar-refractivity contribution is 5.93. The standard InChI is InChI=1S/C20H24N8O11/c1-21-17-16-18(23-7-22-17)28(8-24-16)6-13(31)27(4-11(29)25-9(19(36)37)2-14(32)33)5-12(30)26-10(20(38)39)3-15(34)35/h7-10H,2-6H2,1H3,(H,25,29)(H,26,30)(H,32,33)(H,34,35)(H,36,37)(H,38,39)(H,21,22,23)/t9-,10-/m0/s1. The van der Waals surface area contributed by atoms with Crippen molar-refractivity contribution in [3.63, 3.8) is 0 Å². The van der Waals surface area contributed by atoms with Gasteiger partial charge in [0.15, 0.2) is 11.5 Å². The second kappa shape index (κ2) is 13.3. The van der Waals surface area contributed by atoms with E-state index in [-0.39, 0.29) is 5.65 Å². The van der Waals surface area contributed by atoms with Crippen LogP contribution in [0.1, 0.15) is 12.8 Å². The predicted octanol–water partition coefficient (Wildman–Crippen LogP) is -3.22. The molecule has 3 amide bonds. The van der Waals surface area contributed by atoms with E-state index in [1.165, 1.54) is 17.2 Å². The third-order valence-electron chi connectivity index (χ3n) is 4.99. The fourth-order valence-corrected chi connectivity index (χ4v) is 3.23. The Bertz CT molecular complexity index is 1240. The van der Waals surface area contributed by atoms with E-state index >= 15 is 0 Å². The number of carboxylic acid groups (broad SMARTS) is 4. The summed E-state index contributed by atoms with van der Waals surface area (Å²) in [7, 11) is 1.58. The average Bonchev–Trinajstić information content (AvgIpc) is 3.24. The Balaban J connectivity index is 2.27. The van der Waals surface area contributed by atoms with Gasteiger partial charge in [0, 0.05) is 7.05 Å². The summed E-state index contributed by atoms with van der Waals surface area (Å²) in [5.74, 6) is -9.21. The van der Waals surface area contributed by atoms with Crippen LogP contribution in [0.4, 0.5) is 5.82 Å². The Labute approximate surface area is 217 Å². The summed E-state index contributed by atoms with van der Waals surface area (Å²) < 4.78 is 1.26. The second-order valence-electron chi connectivity index (χ2n) is 7.88. The van der Waals surface area contributed by atoms with Crippen LogP contribution >= 0.6 is 0 Å². The molecule has 0 aliphatic heterocycles. The maximum atomic E-state index is 13.1. The van der Waals surface area contributed by atoms with Gasteiger partial charge < -0.3 is 45.8 Å². The number of carbonyl (C=O) groups is 7. The lowest BCUT2D eigenvalue weighted by Crippen LogP contribution is -2.52. The molecular weight excluding hydrogens is 528 g/mol. The van der Waals surface area contributed by atoms with Gasteiger partial charge in [0.1, 0.15) is 43.6 Å². The van der Waals surface area contributed by atoms with E-state index in [2.05, 4.69) is 20.3 Å².